The van der Waals surface area contributed by atoms with E-state index in [1.165, 1.54) is 23.9 Å². The number of nitrogens with one attached hydrogen (secondary N) is 2. The fraction of sp³-hybridized carbons (Fsp3) is 0.227. The Morgan fingerprint density at radius 3 is 2.81 bits per heavy atom. The zero-order valence-corrected chi connectivity index (χ0v) is 18.5. The van der Waals surface area contributed by atoms with Gasteiger partial charge in [-0.2, -0.15) is 0 Å². The molecule has 9 heteroatoms. The maximum absolute atomic E-state index is 13.2. The highest BCUT2D eigenvalue weighted by molar-refractivity contribution is 8.15. The largest absolute Gasteiger partial charge is 0.466 e. The Kier molecular flexibility index (Phi) is 7.70. The van der Waals surface area contributed by atoms with Gasteiger partial charge in [0.25, 0.3) is 0 Å². The van der Waals surface area contributed by atoms with Gasteiger partial charge >= 0.3 is 5.97 Å². The lowest BCUT2D eigenvalue weighted by atomic mass is 10.2. The molecule has 31 heavy (non-hydrogen) atoms. The third-order valence-electron chi connectivity index (χ3n) is 4.22. The van der Waals surface area contributed by atoms with E-state index in [2.05, 4.69) is 15.6 Å². The number of thioether (sulfide) groups is 1. The molecule has 162 valence electrons. The van der Waals surface area contributed by atoms with Crippen molar-refractivity contribution in [3.63, 3.8) is 0 Å². The lowest BCUT2D eigenvalue weighted by molar-refractivity contribution is -0.142. The lowest BCUT2D eigenvalue weighted by Crippen LogP contribution is -2.23. The number of hydrogen-bond donors (Lipinski definition) is 2. The number of esters is 1. The second-order valence-corrected chi connectivity index (χ2v) is 8.39. The van der Waals surface area contributed by atoms with E-state index < -0.39 is 11.1 Å². The van der Waals surface area contributed by atoms with E-state index in [4.69, 9.17) is 16.3 Å². The van der Waals surface area contributed by atoms with Crippen LogP contribution in [-0.2, 0) is 14.3 Å². The van der Waals surface area contributed by atoms with E-state index >= 15 is 0 Å². The van der Waals surface area contributed by atoms with Crippen LogP contribution in [0, 0.1) is 5.82 Å². The van der Waals surface area contributed by atoms with E-state index in [9.17, 15) is 14.0 Å². The molecule has 1 aliphatic heterocycles. The molecule has 2 N–H and O–H groups in total. The van der Waals surface area contributed by atoms with Crippen LogP contribution in [0.15, 0.2) is 59.2 Å². The van der Waals surface area contributed by atoms with Crippen LogP contribution in [0.1, 0.15) is 20.3 Å². The fourth-order valence-corrected chi connectivity index (χ4v) is 3.87. The van der Waals surface area contributed by atoms with Crippen LogP contribution in [-0.4, -0.2) is 28.8 Å². The van der Waals surface area contributed by atoms with Crippen LogP contribution in [0.2, 0.25) is 5.02 Å². The highest BCUT2D eigenvalue weighted by Gasteiger charge is 2.20. The molecule has 0 radical (unpaired) electrons. The van der Waals surface area contributed by atoms with Gasteiger partial charge in [0.15, 0.2) is 0 Å². The van der Waals surface area contributed by atoms with Gasteiger partial charge < -0.3 is 15.4 Å². The highest BCUT2D eigenvalue weighted by Crippen LogP contribution is 2.32. The number of carbonyl (C=O) groups excluding carboxylic acids is 2. The molecule has 1 atom stereocenters. The average Bonchev–Trinajstić information content (AvgIpc) is 2.88. The maximum atomic E-state index is 13.2. The van der Waals surface area contributed by atoms with Crippen LogP contribution < -0.4 is 10.6 Å². The van der Waals surface area contributed by atoms with Crippen LogP contribution in [0.25, 0.3) is 0 Å². The first kappa shape index (κ1) is 22.8. The van der Waals surface area contributed by atoms with Crippen molar-refractivity contribution in [2.75, 3.05) is 17.2 Å². The number of amides is 1. The molecular formula is C22H21ClFN3O3S. The third-order valence-corrected chi connectivity index (χ3v) is 5.55. The molecule has 0 spiro atoms. The van der Waals surface area contributed by atoms with E-state index in [0.717, 1.165) is 11.8 Å². The predicted molar refractivity (Wildman–Crippen MR) is 124 cm³/mol. The molecule has 0 saturated heterocycles. The summed E-state index contributed by atoms with van der Waals surface area (Å²) < 4.78 is 18.3. The Balaban J connectivity index is 1.78. The number of ether oxygens (including phenoxy) is 1. The number of hydrogen-bond acceptors (Lipinski definition) is 6. The summed E-state index contributed by atoms with van der Waals surface area (Å²) in [5, 5.41) is 6.05. The van der Waals surface area contributed by atoms with Gasteiger partial charge in [-0.1, -0.05) is 35.5 Å². The standard InChI is InChI=1S/C22H21ClFN3O3S/c1-3-30-21(28)12-15-11-20(26-19-7-5-4-6-18(19)25-15)31-13(2)22(29)27-17-9-8-14(24)10-16(17)23/h4-11,13,25H,3,12H2,1-2H3,(H,27,29). The van der Waals surface area contributed by atoms with Crippen LogP contribution >= 0.6 is 23.4 Å². The summed E-state index contributed by atoms with van der Waals surface area (Å²) in [5.74, 6) is -1.16. The summed E-state index contributed by atoms with van der Waals surface area (Å²) in [4.78, 5) is 29.3. The number of halogens is 2. The van der Waals surface area contributed by atoms with Gasteiger partial charge in [-0.3, -0.25) is 9.59 Å². The smallest absolute Gasteiger partial charge is 0.311 e. The van der Waals surface area contributed by atoms with Crippen molar-refractivity contribution in [3.05, 3.63) is 65.1 Å². The second kappa shape index (κ2) is 10.5. The van der Waals surface area contributed by atoms with Crippen LogP contribution in [0.3, 0.4) is 0 Å². The first-order valence-corrected chi connectivity index (χ1v) is 10.8. The van der Waals surface area contributed by atoms with Gasteiger partial charge in [0, 0.05) is 5.70 Å². The molecular weight excluding hydrogens is 441 g/mol. The van der Waals surface area contributed by atoms with Gasteiger partial charge in [0.1, 0.15) is 5.82 Å². The Morgan fingerprint density at radius 2 is 2.06 bits per heavy atom. The first-order chi connectivity index (χ1) is 14.9. The van der Waals surface area contributed by atoms with Gasteiger partial charge in [-0.15, -0.1) is 0 Å². The number of anilines is 2. The minimum absolute atomic E-state index is 0.0491. The topological polar surface area (TPSA) is 79.8 Å². The number of benzene rings is 2. The van der Waals surface area contributed by atoms with Crippen molar-refractivity contribution in [2.45, 2.75) is 25.5 Å². The molecule has 0 bridgehead atoms. The van der Waals surface area contributed by atoms with E-state index in [1.54, 1.807) is 19.9 Å². The van der Waals surface area contributed by atoms with Crippen molar-refractivity contribution in [2.24, 2.45) is 4.99 Å². The molecule has 0 saturated carbocycles. The van der Waals surface area contributed by atoms with Gasteiger partial charge in [0.05, 0.1) is 45.4 Å². The average molecular weight is 462 g/mol. The minimum Gasteiger partial charge on any atom is -0.466 e. The van der Waals surface area contributed by atoms with Crippen molar-refractivity contribution in [1.82, 2.24) is 0 Å². The SMILES string of the molecule is CCOC(=O)CC1=CC(SC(C)C(=O)Nc2ccc(F)cc2Cl)=Nc2ccccc2N1. The van der Waals surface area contributed by atoms with Crippen molar-refractivity contribution in [3.8, 4) is 0 Å². The minimum atomic E-state index is -0.537. The summed E-state index contributed by atoms with van der Waals surface area (Å²) in [6, 6.07) is 11.2. The molecule has 1 aliphatic rings. The van der Waals surface area contributed by atoms with Crippen molar-refractivity contribution in [1.29, 1.82) is 0 Å². The second-order valence-electron chi connectivity index (χ2n) is 6.62. The predicted octanol–water partition coefficient (Wildman–Crippen LogP) is 5.53. The molecule has 0 aromatic heterocycles. The maximum Gasteiger partial charge on any atom is 0.311 e. The lowest BCUT2D eigenvalue weighted by Gasteiger charge is -2.13. The summed E-state index contributed by atoms with van der Waals surface area (Å²) in [6.45, 7) is 3.77. The quantitative estimate of drug-likeness (QED) is 0.553. The number of nitrogens with zero attached hydrogens (tertiary/aromatic N) is 1. The molecule has 3 rings (SSSR count). The number of carbonyl (C=O) groups is 2. The number of rotatable bonds is 6. The number of fused-ring (bicyclic) bond motifs is 1. The zero-order valence-electron chi connectivity index (χ0n) is 16.9. The summed E-state index contributed by atoms with van der Waals surface area (Å²) in [5.41, 5.74) is 2.39. The summed E-state index contributed by atoms with van der Waals surface area (Å²) in [6.07, 6.45) is 1.78. The Labute approximate surface area is 188 Å². The third kappa shape index (κ3) is 6.32. The summed E-state index contributed by atoms with van der Waals surface area (Å²) >= 11 is 7.22. The van der Waals surface area contributed by atoms with E-state index in [1.807, 2.05) is 24.3 Å². The molecule has 1 unspecified atom stereocenters. The fourth-order valence-electron chi connectivity index (χ4n) is 2.77. The highest BCUT2D eigenvalue weighted by atomic mass is 35.5. The van der Waals surface area contributed by atoms with E-state index in [0.29, 0.717) is 28.7 Å². The van der Waals surface area contributed by atoms with Crippen molar-refractivity contribution < 1.29 is 18.7 Å². The van der Waals surface area contributed by atoms with Gasteiger partial charge in [-0.05, 0) is 50.3 Å². The molecule has 2 aromatic carbocycles. The monoisotopic (exact) mass is 461 g/mol. The molecule has 0 fully saturated rings. The Morgan fingerprint density at radius 1 is 1.29 bits per heavy atom. The molecule has 1 heterocycles. The van der Waals surface area contributed by atoms with Crippen LogP contribution in [0.4, 0.5) is 21.5 Å². The molecule has 6 nitrogen and oxygen atoms in total. The number of para-hydroxylation sites is 2. The Bertz CT molecular complexity index is 1060. The molecule has 0 aliphatic carbocycles. The van der Waals surface area contributed by atoms with Gasteiger partial charge in [0.2, 0.25) is 5.91 Å². The first-order valence-electron chi connectivity index (χ1n) is 9.59. The zero-order chi connectivity index (χ0) is 22.4. The Hall–Kier alpha value is -2.84. The summed E-state index contributed by atoms with van der Waals surface area (Å²) in [7, 11) is 0. The normalized spacial score (nSPS) is 13.7. The van der Waals surface area contributed by atoms with Crippen LogP contribution in [0.5, 0.6) is 0 Å². The molecule has 2 aromatic rings. The molecule has 1 amide bonds. The van der Waals surface area contributed by atoms with Gasteiger partial charge in [-0.25, -0.2) is 9.38 Å². The van der Waals surface area contributed by atoms with E-state index in [-0.39, 0.29) is 23.3 Å². The number of aliphatic imine (C=N–C) groups is 1. The van der Waals surface area contributed by atoms with Crippen molar-refractivity contribution >= 4 is 57.3 Å².